The Labute approximate surface area is 105 Å². The number of nitrogens with two attached hydrogens (primary N) is 1. The number of anilines is 2. The number of aromatic nitrogens is 2. The Morgan fingerprint density at radius 1 is 1.18 bits per heavy atom. The second-order valence-corrected chi connectivity index (χ2v) is 4.07. The Bertz CT molecular complexity index is 484. The van der Waals surface area contributed by atoms with Gasteiger partial charge in [-0.3, -0.25) is 0 Å². The van der Waals surface area contributed by atoms with Crippen molar-refractivity contribution < 1.29 is 0 Å². The minimum Gasteiger partial charge on any atom is -0.384 e. The van der Waals surface area contributed by atoms with Crippen molar-refractivity contribution in [2.24, 2.45) is 0 Å². The molecule has 1 heterocycles. The Morgan fingerprint density at radius 2 is 1.94 bits per heavy atom. The van der Waals surface area contributed by atoms with Crippen molar-refractivity contribution in [3.05, 3.63) is 47.2 Å². The predicted molar refractivity (Wildman–Crippen MR) is 70.1 cm³/mol. The molecule has 0 spiro atoms. The van der Waals surface area contributed by atoms with Gasteiger partial charge in [0, 0.05) is 17.6 Å². The van der Waals surface area contributed by atoms with E-state index in [-0.39, 0.29) is 0 Å². The fourth-order valence-electron chi connectivity index (χ4n) is 1.46. The van der Waals surface area contributed by atoms with Crippen LogP contribution < -0.4 is 11.1 Å². The number of nitrogens with zero attached hydrogens (tertiary/aromatic N) is 2. The van der Waals surface area contributed by atoms with Crippen molar-refractivity contribution in [3.8, 4) is 0 Å². The second kappa shape index (κ2) is 5.50. The molecule has 0 unspecified atom stereocenters. The predicted octanol–water partition coefficient (Wildman–Crippen LogP) is 2.37. The minimum atomic E-state index is 0.467. The third-order valence-electron chi connectivity index (χ3n) is 2.32. The highest BCUT2D eigenvalue weighted by Crippen LogP contribution is 2.10. The summed E-state index contributed by atoms with van der Waals surface area (Å²) in [6, 6.07) is 9.51. The summed E-state index contributed by atoms with van der Waals surface area (Å²) in [7, 11) is 0. The lowest BCUT2D eigenvalue weighted by Crippen LogP contribution is -2.07. The molecule has 3 N–H and O–H groups in total. The van der Waals surface area contributed by atoms with Crippen molar-refractivity contribution in [1.29, 1.82) is 0 Å². The molecule has 0 aliphatic carbocycles. The van der Waals surface area contributed by atoms with Crippen LogP contribution in [-0.4, -0.2) is 16.5 Å². The van der Waals surface area contributed by atoms with Gasteiger partial charge in [-0.15, -0.1) is 0 Å². The van der Waals surface area contributed by atoms with Crippen LogP contribution >= 0.6 is 11.6 Å². The molecule has 4 nitrogen and oxygen atoms in total. The van der Waals surface area contributed by atoms with E-state index in [0.717, 1.165) is 23.8 Å². The maximum atomic E-state index is 5.81. The van der Waals surface area contributed by atoms with E-state index in [2.05, 4.69) is 15.3 Å². The number of halogens is 1. The largest absolute Gasteiger partial charge is 0.384 e. The Kier molecular flexibility index (Phi) is 3.77. The molecule has 0 amide bonds. The quantitative estimate of drug-likeness (QED) is 0.872. The first-order chi connectivity index (χ1) is 8.24. The first-order valence-electron chi connectivity index (χ1n) is 5.30. The normalized spacial score (nSPS) is 10.2. The number of nitrogen functional groups attached to an aromatic ring is 1. The summed E-state index contributed by atoms with van der Waals surface area (Å²) in [6.45, 7) is 0.790. The summed E-state index contributed by atoms with van der Waals surface area (Å²) >= 11 is 5.81. The van der Waals surface area contributed by atoms with Crippen LogP contribution in [0.3, 0.4) is 0 Å². The average molecular weight is 249 g/mol. The van der Waals surface area contributed by atoms with Crippen molar-refractivity contribution in [2.75, 3.05) is 17.6 Å². The zero-order valence-corrected chi connectivity index (χ0v) is 9.98. The van der Waals surface area contributed by atoms with Gasteiger partial charge in [-0.25, -0.2) is 9.97 Å². The molecule has 2 rings (SSSR count). The molecule has 0 saturated carbocycles. The summed E-state index contributed by atoms with van der Waals surface area (Å²) in [4.78, 5) is 7.89. The fraction of sp³-hybridized carbons (Fsp3) is 0.167. The molecule has 0 radical (unpaired) electrons. The van der Waals surface area contributed by atoms with Crippen molar-refractivity contribution in [1.82, 2.24) is 9.97 Å². The van der Waals surface area contributed by atoms with Crippen molar-refractivity contribution in [2.45, 2.75) is 6.42 Å². The summed E-state index contributed by atoms with van der Waals surface area (Å²) in [5.41, 5.74) is 6.78. The first-order valence-corrected chi connectivity index (χ1v) is 5.68. The zero-order valence-electron chi connectivity index (χ0n) is 9.23. The van der Waals surface area contributed by atoms with Gasteiger partial charge in [0.1, 0.15) is 18.0 Å². The van der Waals surface area contributed by atoms with Crippen molar-refractivity contribution in [3.63, 3.8) is 0 Å². The molecular formula is C12H13ClN4. The standard InChI is InChI=1S/C12H13ClN4/c13-10-3-1-9(2-4-10)5-6-15-12-7-11(14)16-8-17-12/h1-4,7-8H,5-6H2,(H3,14,15,16,17). The number of nitrogens with one attached hydrogen (secondary N) is 1. The highest BCUT2D eigenvalue weighted by atomic mass is 35.5. The molecule has 0 bridgehead atoms. The summed E-state index contributed by atoms with van der Waals surface area (Å²) in [5.74, 6) is 1.21. The average Bonchev–Trinajstić information content (AvgIpc) is 2.32. The molecule has 0 aliphatic heterocycles. The molecule has 5 heteroatoms. The minimum absolute atomic E-state index is 0.467. The number of hydrogen-bond donors (Lipinski definition) is 2. The Balaban J connectivity index is 1.85. The Hall–Kier alpha value is -1.81. The van der Waals surface area contributed by atoms with E-state index < -0.39 is 0 Å². The van der Waals surface area contributed by atoms with E-state index in [4.69, 9.17) is 17.3 Å². The van der Waals surface area contributed by atoms with Crippen LogP contribution in [0, 0.1) is 0 Å². The molecule has 1 aromatic heterocycles. The van der Waals surface area contributed by atoms with Crippen LogP contribution in [0.1, 0.15) is 5.56 Å². The summed E-state index contributed by atoms with van der Waals surface area (Å²) in [5, 5.41) is 3.94. The number of hydrogen-bond acceptors (Lipinski definition) is 4. The molecule has 88 valence electrons. The lowest BCUT2D eigenvalue weighted by atomic mass is 10.1. The van der Waals surface area contributed by atoms with Crippen LogP contribution in [0.25, 0.3) is 0 Å². The van der Waals surface area contributed by atoms with E-state index in [1.54, 1.807) is 6.07 Å². The van der Waals surface area contributed by atoms with Crippen LogP contribution in [0.4, 0.5) is 11.6 Å². The molecule has 0 fully saturated rings. The summed E-state index contributed by atoms with van der Waals surface area (Å²) < 4.78 is 0. The molecular weight excluding hydrogens is 236 g/mol. The van der Waals surface area contributed by atoms with E-state index in [1.165, 1.54) is 11.9 Å². The van der Waals surface area contributed by atoms with Crippen molar-refractivity contribution >= 4 is 23.2 Å². The van der Waals surface area contributed by atoms with Crippen LogP contribution in [-0.2, 0) is 6.42 Å². The molecule has 2 aromatic rings. The topological polar surface area (TPSA) is 63.8 Å². The van der Waals surface area contributed by atoms with Gasteiger partial charge in [-0.1, -0.05) is 23.7 Å². The molecule has 1 aromatic carbocycles. The van der Waals surface area contributed by atoms with Crippen LogP contribution in [0.15, 0.2) is 36.7 Å². The third kappa shape index (κ3) is 3.60. The van der Waals surface area contributed by atoms with Gasteiger partial charge in [0.15, 0.2) is 0 Å². The first kappa shape index (κ1) is 11.7. The summed E-state index contributed by atoms with van der Waals surface area (Å²) in [6.07, 6.45) is 2.35. The SMILES string of the molecule is Nc1cc(NCCc2ccc(Cl)cc2)ncn1. The van der Waals surface area contributed by atoms with Gasteiger partial charge < -0.3 is 11.1 Å². The lowest BCUT2D eigenvalue weighted by Gasteiger charge is -2.05. The number of rotatable bonds is 4. The second-order valence-electron chi connectivity index (χ2n) is 3.63. The highest BCUT2D eigenvalue weighted by Gasteiger charge is 1.96. The van der Waals surface area contributed by atoms with Crippen LogP contribution in [0.2, 0.25) is 5.02 Å². The molecule has 0 aliphatic rings. The number of benzene rings is 1. The van der Waals surface area contributed by atoms with Crippen LogP contribution in [0.5, 0.6) is 0 Å². The molecule has 17 heavy (non-hydrogen) atoms. The molecule has 0 atom stereocenters. The van der Waals surface area contributed by atoms with E-state index >= 15 is 0 Å². The Morgan fingerprint density at radius 3 is 2.65 bits per heavy atom. The highest BCUT2D eigenvalue weighted by molar-refractivity contribution is 6.30. The fourth-order valence-corrected chi connectivity index (χ4v) is 1.58. The lowest BCUT2D eigenvalue weighted by molar-refractivity contribution is 1.00. The third-order valence-corrected chi connectivity index (χ3v) is 2.57. The van der Waals surface area contributed by atoms with Gasteiger partial charge in [0.25, 0.3) is 0 Å². The zero-order chi connectivity index (χ0) is 12.1. The van der Waals surface area contributed by atoms with E-state index in [1.807, 2.05) is 24.3 Å². The maximum absolute atomic E-state index is 5.81. The van der Waals surface area contributed by atoms with Gasteiger partial charge in [-0.05, 0) is 24.1 Å². The van der Waals surface area contributed by atoms with Gasteiger partial charge in [0.2, 0.25) is 0 Å². The van der Waals surface area contributed by atoms with Gasteiger partial charge >= 0.3 is 0 Å². The van der Waals surface area contributed by atoms with E-state index in [0.29, 0.717) is 5.82 Å². The van der Waals surface area contributed by atoms with Gasteiger partial charge in [0.05, 0.1) is 0 Å². The monoisotopic (exact) mass is 248 g/mol. The van der Waals surface area contributed by atoms with E-state index in [9.17, 15) is 0 Å². The smallest absolute Gasteiger partial charge is 0.131 e. The maximum Gasteiger partial charge on any atom is 0.131 e. The van der Waals surface area contributed by atoms with Gasteiger partial charge in [-0.2, -0.15) is 0 Å². The molecule has 0 saturated heterocycles.